The predicted octanol–water partition coefficient (Wildman–Crippen LogP) is 5.36. The van der Waals surface area contributed by atoms with Gasteiger partial charge in [-0.25, -0.2) is 0 Å². The van der Waals surface area contributed by atoms with Crippen molar-refractivity contribution in [3.8, 4) is 6.07 Å². The van der Waals surface area contributed by atoms with Crippen LogP contribution in [0.5, 0.6) is 0 Å². The summed E-state index contributed by atoms with van der Waals surface area (Å²) in [4.78, 5) is 32.4. The van der Waals surface area contributed by atoms with Crippen LogP contribution in [0.2, 0.25) is 0 Å². The summed E-state index contributed by atoms with van der Waals surface area (Å²) in [6.45, 7) is 1.84. The van der Waals surface area contributed by atoms with Gasteiger partial charge < -0.3 is 10.6 Å². The number of nitro benzene ring substituents is 2. The van der Waals surface area contributed by atoms with E-state index in [1.807, 2.05) is 30.3 Å². The van der Waals surface area contributed by atoms with Gasteiger partial charge in [0.15, 0.2) is 5.69 Å². The third kappa shape index (κ3) is 5.74. The molecule has 3 aromatic carbocycles. The lowest BCUT2D eigenvalue weighted by atomic mass is 10.1. The second-order valence-corrected chi connectivity index (χ2v) is 6.94. The van der Waals surface area contributed by atoms with Crippen LogP contribution >= 0.6 is 0 Å². The first-order valence-corrected chi connectivity index (χ1v) is 9.76. The van der Waals surface area contributed by atoms with Crippen molar-refractivity contribution >= 4 is 40.0 Å². The number of hydrogen-bond acceptors (Lipinski definition) is 9. The molecular weight excluding hydrogens is 442 g/mol. The van der Waals surface area contributed by atoms with E-state index in [1.54, 1.807) is 18.2 Å². The average Bonchev–Trinajstić information content (AvgIpc) is 2.81. The summed E-state index contributed by atoms with van der Waals surface area (Å²) < 4.78 is 0. The van der Waals surface area contributed by atoms with Gasteiger partial charge in [-0.15, -0.1) is 10.2 Å². The standard InChI is InChI=1S/C22H17N7O5/c1-14(30)25-20-10-17(24-13-15-5-3-2-4-6-15)7-8-19(20)26-27-22-16(12-23)9-18(28(31)32)11-21(22)29(33)34/h2-11,24H,13H2,1H3,(H,25,30)/b27-26+. The normalized spacial score (nSPS) is 10.5. The van der Waals surface area contributed by atoms with Crippen molar-refractivity contribution < 1.29 is 14.6 Å². The van der Waals surface area contributed by atoms with E-state index in [0.29, 0.717) is 18.3 Å². The van der Waals surface area contributed by atoms with Crippen molar-refractivity contribution in [2.75, 3.05) is 10.6 Å². The lowest BCUT2D eigenvalue weighted by Gasteiger charge is -2.11. The predicted molar refractivity (Wildman–Crippen MR) is 123 cm³/mol. The molecule has 0 saturated heterocycles. The number of nitrogens with zero attached hydrogens (tertiary/aromatic N) is 5. The number of benzene rings is 3. The maximum Gasteiger partial charge on any atom is 0.304 e. The number of nitrogens with one attached hydrogen (secondary N) is 2. The first kappa shape index (κ1) is 23.5. The molecule has 0 fully saturated rings. The van der Waals surface area contributed by atoms with E-state index in [2.05, 4.69) is 20.9 Å². The van der Waals surface area contributed by atoms with Gasteiger partial charge in [0.25, 0.3) is 5.69 Å². The molecule has 2 N–H and O–H groups in total. The molecule has 34 heavy (non-hydrogen) atoms. The lowest BCUT2D eigenvalue weighted by Crippen LogP contribution is -2.07. The number of amides is 1. The number of rotatable bonds is 8. The number of carbonyl (C=O) groups excluding carboxylic acids is 1. The van der Waals surface area contributed by atoms with Crippen molar-refractivity contribution in [1.29, 1.82) is 5.26 Å². The maximum absolute atomic E-state index is 11.7. The average molecular weight is 459 g/mol. The van der Waals surface area contributed by atoms with Gasteiger partial charge in [0, 0.05) is 25.2 Å². The summed E-state index contributed by atoms with van der Waals surface area (Å²) in [5.41, 5.74) is -0.0152. The number of nitriles is 1. The zero-order chi connectivity index (χ0) is 24.7. The molecule has 170 valence electrons. The minimum absolute atomic E-state index is 0.164. The van der Waals surface area contributed by atoms with Crippen LogP contribution < -0.4 is 10.6 Å². The lowest BCUT2D eigenvalue weighted by molar-refractivity contribution is -0.393. The molecule has 3 aromatic rings. The molecule has 0 aromatic heterocycles. The van der Waals surface area contributed by atoms with E-state index < -0.39 is 26.9 Å². The molecule has 1 amide bonds. The van der Waals surface area contributed by atoms with Gasteiger partial charge in [-0.05, 0) is 23.8 Å². The van der Waals surface area contributed by atoms with E-state index in [9.17, 15) is 30.3 Å². The Kier molecular flexibility index (Phi) is 7.20. The topological polar surface area (TPSA) is 176 Å². The van der Waals surface area contributed by atoms with Crippen molar-refractivity contribution in [3.05, 3.63) is 92.0 Å². The van der Waals surface area contributed by atoms with Gasteiger partial charge in [-0.2, -0.15) is 5.26 Å². The number of hydrogen-bond donors (Lipinski definition) is 2. The number of azo groups is 1. The van der Waals surface area contributed by atoms with Gasteiger partial charge in [-0.1, -0.05) is 30.3 Å². The molecular formula is C22H17N7O5. The molecule has 3 rings (SSSR count). The monoisotopic (exact) mass is 459 g/mol. The Labute approximate surface area is 192 Å². The summed E-state index contributed by atoms with van der Waals surface area (Å²) in [6.07, 6.45) is 0. The molecule has 0 saturated carbocycles. The molecule has 12 heteroatoms. The molecule has 0 radical (unpaired) electrons. The molecule has 0 atom stereocenters. The Bertz CT molecular complexity index is 1330. The molecule has 0 spiro atoms. The molecule has 0 heterocycles. The quantitative estimate of drug-likeness (QED) is 0.259. The Morgan fingerprint density at radius 1 is 1.03 bits per heavy atom. The highest BCUT2D eigenvalue weighted by Gasteiger charge is 2.24. The SMILES string of the molecule is CC(=O)Nc1cc(NCc2ccccc2)ccc1/N=N/c1c(C#N)cc([N+](=O)[O-])cc1[N+](=O)[O-]. The highest BCUT2D eigenvalue weighted by molar-refractivity contribution is 5.93. The number of nitro groups is 2. The van der Waals surface area contributed by atoms with E-state index in [4.69, 9.17) is 0 Å². The Hall–Kier alpha value is -5.18. The molecule has 0 aliphatic carbocycles. The van der Waals surface area contributed by atoms with Crippen LogP contribution in [-0.2, 0) is 11.3 Å². The summed E-state index contributed by atoms with van der Waals surface area (Å²) in [5.74, 6) is -0.379. The first-order valence-electron chi connectivity index (χ1n) is 9.76. The van der Waals surface area contributed by atoms with Gasteiger partial charge in [0.1, 0.15) is 11.8 Å². The summed E-state index contributed by atoms with van der Waals surface area (Å²) in [6, 6.07) is 17.7. The highest BCUT2D eigenvalue weighted by Crippen LogP contribution is 2.37. The van der Waals surface area contributed by atoms with Gasteiger partial charge in [0.2, 0.25) is 5.91 Å². The third-order valence-electron chi connectivity index (χ3n) is 4.51. The second kappa shape index (κ2) is 10.4. The number of carbonyl (C=O) groups is 1. The number of non-ortho nitro benzene ring substituents is 1. The fraction of sp³-hybridized carbons (Fsp3) is 0.0909. The smallest absolute Gasteiger partial charge is 0.304 e. The van der Waals surface area contributed by atoms with Crippen LogP contribution in [0.3, 0.4) is 0 Å². The fourth-order valence-corrected chi connectivity index (χ4v) is 2.97. The number of anilines is 2. The third-order valence-corrected chi connectivity index (χ3v) is 4.51. The minimum Gasteiger partial charge on any atom is -0.381 e. The summed E-state index contributed by atoms with van der Waals surface area (Å²) in [7, 11) is 0. The zero-order valence-electron chi connectivity index (χ0n) is 17.8. The van der Waals surface area contributed by atoms with Crippen molar-refractivity contribution in [2.45, 2.75) is 13.5 Å². The van der Waals surface area contributed by atoms with Crippen LogP contribution in [0.4, 0.5) is 34.1 Å². The largest absolute Gasteiger partial charge is 0.381 e. The van der Waals surface area contributed by atoms with E-state index >= 15 is 0 Å². The maximum atomic E-state index is 11.7. The van der Waals surface area contributed by atoms with Gasteiger partial charge in [-0.3, -0.25) is 25.0 Å². The second-order valence-electron chi connectivity index (χ2n) is 6.94. The van der Waals surface area contributed by atoms with Crippen LogP contribution in [0, 0.1) is 31.6 Å². The molecule has 12 nitrogen and oxygen atoms in total. The molecule has 0 aliphatic heterocycles. The summed E-state index contributed by atoms with van der Waals surface area (Å²) in [5, 5.41) is 45.4. The van der Waals surface area contributed by atoms with Crippen molar-refractivity contribution in [2.24, 2.45) is 10.2 Å². The first-order chi connectivity index (χ1) is 16.3. The van der Waals surface area contributed by atoms with Crippen molar-refractivity contribution in [1.82, 2.24) is 0 Å². The van der Waals surface area contributed by atoms with E-state index in [1.165, 1.54) is 13.0 Å². The fourth-order valence-electron chi connectivity index (χ4n) is 2.97. The van der Waals surface area contributed by atoms with Crippen molar-refractivity contribution in [3.63, 3.8) is 0 Å². The van der Waals surface area contributed by atoms with Gasteiger partial charge >= 0.3 is 5.69 Å². The Morgan fingerprint density at radius 2 is 1.76 bits per heavy atom. The molecule has 0 bridgehead atoms. The summed E-state index contributed by atoms with van der Waals surface area (Å²) >= 11 is 0. The zero-order valence-corrected chi connectivity index (χ0v) is 17.8. The van der Waals surface area contributed by atoms with Gasteiger partial charge in [0.05, 0.1) is 27.2 Å². The van der Waals surface area contributed by atoms with Crippen LogP contribution in [0.1, 0.15) is 18.1 Å². The Balaban J connectivity index is 1.97. The van der Waals surface area contributed by atoms with Crippen LogP contribution in [-0.4, -0.2) is 15.8 Å². The highest BCUT2D eigenvalue weighted by atomic mass is 16.6. The minimum atomic E-state index is -0.881. The molecule has 0 unspecified atom stereocenters. The van der Waals surface area contributed by atoms with E-state index in [-0.39, 0.29) is 22.8 Å². The molecule has 0 aliphatic rings. The van der Waals surface area contributed by atoms with Crippen LogP contribution in [0.25, 0.3) is 0 Å². The van der Waals surface area contributed by atoms with Crippen LogP contribution in [0.15, 0.2) is 70.9 Å². The van der Waals surface area contributed by atoms with E-state index in [0.717, 1.165) is 11.6 Å². The Morgan fingerprint density at radius 3 is 2.38 bits per heavy atom.